The predicted molar refractivity (Wildman–Crippen MR) is 69.5 cm³/mol. The van der Waals surface area contributed by atoms with Crippen molar-refractivity contribution < 1.29 is 4.79 Å². The molecule has 0 saturated heterocycles. The lowest BCUT2D eigenvalue weighted by Crippen LogP contribution is -2.08. The van der Waals surface area contributed by atoms with Gasteiger partial charge in [-0.2, -0.15) is 10.2 Å². The summed E-state index contributed by atoms with van der Waals surface area (Å²) in [6.07, 6.45) is 5.00. The fraction of sp³-hybridized carbons (Fsp3) is 0.0833. The summed E-state index contributed by atoms with van der Waals surface area (Å²) in [5, 5.41) is 8.21. The first-order chi connectivity index (χ1) is 8.68. The van der Waals surface area contributed by atoms with Crippen LogP contribution in [0.25, 0.3) is 5.52 Å². The largest absolute Gasteiger partial charge is 0.287 e. The molecule has 0 bridgehead atoms. The summed E-state index contributed by atoms with van der Waals surface area (Å²) in [6, 6.07) is 5.62. The van der Waals surface area contributed by atoms with Crippen molar-refractivity contribution in [2.24, 2.45) is 7.05 Å². The van der Waals surface area contributed by atoms with Crippen LogP contribution < -0.4 is 0 Å². The maximum Gasteiger partial charge on any atom is 0.215 e. The molecule has 0 aliphatic heterocycles. The van der Waals surface area contributed by atoms with Crippen molar-refractivity contribution in [2.75, 3.05) is 0 Å². The van der Waals surface area contributed by atoms with Crippen molar-refractivity contribution in [3.63, 3.8) is 0 Å². The molecule has 0 fully saturated rings. The molecule has 0 spiro atoms. The van der Waals surface area contributed by atoms with Gasteiger partial charge in [0.2, 0.25) is 5.78 Å². The highest BCUT2D eigenvalue weighted by molar-refractivity contribution is 9.10. The Kier molecular flexibility index (Phi) is 2.52. The van der Waals surface area contributed by atoms with Crippen LogP contribution in [0.2, 0.25) is 0 Å². The van der Waals surface area contributed by atoms with Gasteiger partial charge in [-0.25, -0.2) is 4.52 Å². The Morgan fingerprint density at radius 1 is 1.28 bits per heavy atom. The van der Waals surface area contributed by atoms with Crippen molar-refractivity contribution in [1.82, 2.24) is 19.4 Å². The minimum absolute atomic E-state index is 0.0944. The number of fused-ring (bicyclic) bond motifs is 1. The highest BCUT2D eigenvalue weighted by atomic mass is 79.9. The van der Waals surface area contributed by atoms with Gasteiger partial charge in [0.15, 0.2) is 0 Å². The lowest BCUT2D eigenvalue weighted by atomic mass is 10.1. The molecular weight excluding hydrogens is 296 g/mol. The van der Waals surface area contributed by atoms with Crippen molar-refractivity contribution >= 4 is 27.2 Å². The van der Waals surface area contributed by atoms with Crippen molar-refractivity contribution in [3.8, 4) is 0 Å². The number of rotatable bonds is 2. The summed E-state index contributed by atoms with van der Waals surface area (Å²) in [6.45, 7) is 0. The van der Waals surface area contributed by atoms with E-state index >= 15 is 0 Å². The van der Waals surface area contributed by atoms with Gasteiger partial charge in [-0.15, -0.1) is 0 Å². The van der Waals surface area contributed by atoms with Gasteiger partial charge in [0.05, 0.1) is 27.9 Å². The first-order valence-electron chi connectivity index (χ1n) is 5.33. The second-order valence-electron chi connectivity index (χ2n) is 3.88. The summed E-state index contributed by atoms with van der Waals surface area (Å²) < 4.78 is 3.92. The van der Waals surface area contributed by atoms with E-state index in [1.807, 2.05) is 24.4 Å². The van der Waals surface area contributed by atoms with Gasteiger partial charge in [-0.3, -0.25) is 9.48 Å². The molecule has 3 heterocycles. The molecule has 5 nitrogen and oxygen atoms in total. The molecule has 3 aromatic heterocycles. The van der Waals surface area contributed by atoms with Crippen LogP contribution in [0.4, 0.5) is 0 Å². The Hall–Kier alpha value is -1.95. The summed E-state index contributed by atoms with van der Waals surface area (Å²) >= 11 is 3.34. The molecule has 0 aromatic carbocycles. The topological polar surface area (TPSA) is 52.2 Å². The second kappa shape index (κ2) is 4.06. The number of carbonyl (C=O) groups is 1. The number of pyridine rings is 1. The van der Waals surface area contributed by atoms with Gasteiger partial charge in [-0.05, 0) is 28.1 Å². The van der Waals surface area contributed by atoms with E-state index in [0.717, 1.165) is 5.52 Å². The SMILES string of the molecule is Cn1ncc(Br)c1C(=O)c1cnn2ccccc12. The molecular formula is C12H9BrN4O. The van der Waals surface area contributed by atoms with Crippen molar-refractivity contribution in [1.29, 1.82) is 0 Å². The van der Waals surface area contributed by atoms with Crippen LogP contribution >= 0.6 is 15.9 Å². The number of hydrogen-bond donors (Lipinski definition) is 0. The average molecular weight is 305 g/mol. The van der Waals surface area contributed by atoms with Gasteiger partial charge in [-0.1, -0.05) is 6.07 Å². The van der Waals surface area contributed by atoms with E-state index < -0.39 is 0 Å². The summed E-state index contributed by atoms with van der Waals surface area (Å²) in [5.41, 5.74) is 1.88. The lowest BCUT2D eigenvalue weighted by Gasteiger charge is -2.01. The molecule has 90 valence electrons. The Morgan fingerprint density at radius 2 is 2.11 bits per heavy atom. The fourth-order valence-electron chi connectivity index (χ4n) is 1.90. The van der Waals surface area contributed by atoms with E-state index in [0.29, 0.717) is 15.7 Å². The number of halogens is 1. The monoisotopic (exact) mass is 304 g/mol. The van der Waals surface area contributed by atoms with E-state index in [-0.39, 0.29) is 5.78 Å². The standard InChI is InChI=1S/C12H9BrN4O/c1-16-11(9(13)7-14-16)12(18)8-6-15-17-5-3-2-4-10(8)17/h2-7H,1H3. The number of aromatic nitrogens is 4. The number of aryl methyl sites for hydroxylation is 1. The van der Waals surface area contributed by atoms with Gasteiger partial charge in [0.25, 0.3) is 0 Å². The van der Waals surface area contributed by atoms with Crippen LogP contribution in [-0.2, 0) is 7.05 Å². The van der Waals surface area contributed by atoms with E-state index in [2.05, 4.69) is 26.1 Å². The first kappa shape index (κ1) is 11.2. The van der Waals surface area contributed by atoms with Crippen LogP contribution in [-0.4, -0.2) is 25.2 Å². The van der Waals surface area contributed by atoms with Crippen molar-refractivity contribution in [2.45, 2.75) is 0 Å². The van der Waals surface area contributed by atoms with Gasteiger partial charge < -0.3 is 0 Å². The lowest BCUT2D eigenvalue weighted by molar-refractivity contribution is 0.103. The molecule has 18 heavy (non-hydrogen) atoms. The molecule has 3 rings (SSSR count). The molecule has 6 heteroatoms. The van der Waals surface area contributed by atoms with Crippen molar-refractivity contribution in [3.05, 3.63) is 52.5 Å². The number of carbonyl (C=O) groups excluding carboxylic acids is 1. The van der Waals surface area contributed by atoms with Crippen LogP contribution in [0.15, 0.2) is 41.3 Å². The van der Waals surface area contributed by atoms with E-state index in [9.17, 15) is 4.79 Å². The summed E-state index contributed by atoms with van der Waals surface area (Å²) in [4.78, 5) is 12.5. The quantitative estimate of drug-likeness (QED) is 0.681. The Labute approximate surface area is 111 Å². The van der Waals surface area contributed by atoms with Crippen LogP contribution in [0.3, 0.4) is 0 Å². The zero-order valence-electron chi connectivity index (χ0n) is 9.54. The predicted octanol–water partition coefficient (Wildman–Crippen LogP) is 2.06. The highest BCUT2D eigenvalue weighted by Gasteiger charge is 2.20. The Balaban J connectivity index is 2.19. The smallest absolute Gasteiger partial charge is 0.215 e. The Bertz CT molecular complexity index is 724. The minimum Gasteiger partial charge on any atom is -0.287 e. The molecule has 0 amide bonds. The van der Waals surface area contributed by atoms with Gasteiger partial charge >= 0.3 is 0 Å². The third-order valence-electron chi connectivity index (χ3n) is 2.78. The van der Waals surface area contributed by atoms with Gasteiger partial charge in [0, 0.05) is 13.2 Å². The normalized spacial score (nSPS) is 11.0. The number of nitrogens with zero attached hydrogens (tertiary/aromatic N) is 4. The fourth-order valence-corrected chi connectivity index (χ4v) is 2.43. The molecule has 0 aliphatic rings. The maximum atomic E-state index is 12.5. The molecule has 0 radical (unpaired) electrons. The molecule has 0 saturated carbocycles. The highest BCUT2D eigenvalue weighted by Crippen LogP contribution is 2.21. The zero-order chi connectivity index (χ0) is 12.7. The summed E-state index contributed by atoms with van der Waals surface area (Å²) in [7, 11) is 1.74. The molecule has 0 unspecified atom stereocenters. The minimum atomic E-state index is -0.0944. The van der Waals surface area contributed by atoms with Crippen LogP contribution in [0.5, 0.6) is 0 Å². The Morgan fingerprint density at radius 3 is 2.83 bits per heavy atom. The third kappa shape index (κ3) is 1.57. The van der Waals surface area contributed by atoms with E-state index in [1.165, 1.54) is 0 Å². The second-order valence-corrected chi connectivity index (χ2v) is 4.74. The zero-order valence-corrected chi connectivity index (χ0v) is 11.1. The first-order valence-corrected chi connectivity index (χ1v) is 6.12. The van der Waals surface area contributed by atoms with Gasteiger partial charge in [0.1, 0.15) is 5.69 Å². The number of hydrogen-bond acceptors (Lipinski definition) is 3. The molecule has 0 atom stereocenters. The van der Waals surface area contributed by atoms with E-state index in [4.69, 9.17) is 0 Å². The molecule has 0 N–H and O–H groups in total. The third-order valence-corrected chi connectivity index (χ3v) is 3.36. The van der Waals surface area contributed by atoms with E-state index in [1.54, 1.807) is 28.6 Å². The number of ketones is 1. The van der Waals surface area contributed by atoms with Crippen LogP contribution in [0, 0.1) is 0 Å². The summed E-state index contributed by atoms with van der Waals surface area (Å²) in [5.74, 6) is -0.0944. The molecule has 3 aromatic rings. The van der Waals surface area contributed by atoms with Crippen LogP contribution in [0.1, 0.15) is 16.1 Å². The molecule has 0 aliphatic carbocycles. The average Bonchev–Trinajstić information content (AvgIpc) is 2.93. The maximum absolute atomic E-state index is 12.5.